The summed E-state index contributed by atoms with van der Waals surface area (Å²) < 4.78 is 5.11. The van der Waals surface area contributed by atoms with E-state index < -0.39 is 0 Å². The van der Waals surface area contributed by atoms with Crippen molar-refractivity contribution in [2.24, 2.45) is 5.92 Å². The van der Waals surface area contributed by atoms with Gasteiger partial charge in [-0.3, -0.25) is 4.79 Å². The van der Waals surface area contributed by atoms with Gasteiger partial charge < -0.3 is 19.9 Å². The van der Waals surface area contributed by atoms with Crippen LogP contribution in [0.2, 0.25) is 0 Å². The summed E-state index contributed by atoms with van der Waals surface area (Å²) >= 11 is 0. The van der Waals surface area contributed by atoms with Gasteiger partial charge in [0.25, 0.3) is 0 Å². The second-order valence-corrected chi connectivity index (χ2v) is 5.83. The highest BCUT2D eigenvalue weighted by molar-refractivity contribution is 5.75. The summed E-state index contributed by atoms with van der Waals surface area (Å²) in [6.45, 7) is 9.56. The molecule has 1 saturated heterocycles. The number of hydrogen-bond donors (Lipinski definition) is 1. The van der Waals surface area contributed by atoms with Crippen LogP contribution in [0.4, 0.5) is 0 Å². The first-order valence-electron chi connectivity index (χ1n) is 7.83. The fraction of sp³-hybridized carbons (Fsp3) is 0.933. The van der Waals surface area contributed by atoms with Crippen LogP contribution in [-0.2, 0) is 9.53 Å². The van der Waals surface area contributed by atoms with E-state index in [0.29, 0.717) is 6.61 Å². The minimum atomic E-state index is -0.173. The van der Waals surface area contributed by atoms with Crippen LogP contribution < -0.4 is 5.32 Å². The van der Waals surface area contributed by atoms with Crippen LogP contribution in [0.15, 0.2) is 0 Å². The third-order valence-corrected chi connectivity index (χ3v) is 3.88. The molecule has 0 amide bonds. The lowest BCUT2D eigenvalue weighted by Crippen LogP contribution is -2.41. The summed E-state index contributed by atoms with van der Waals surface area (Å²) in [4.78, 5) is 16.6. The van der Waals surface area contributed by atoms with E-state index in [-0.39, 0.29) is 12.0 Å². The van der Waals surface area contributed by atoms with Crippen molar-refractivity contribution >= 4 is 5.97 Å². The molecule has 1 N–H and O–H groups in total. The average Bonchev–Trinajstić information content (AvgIpc) is 2.80. The van der Waals surface area contributed by atoms with Gasteiger partial charge in [-0.05, 0) is 59.4 Å². The van der Waals surface area contributed by atoms with E-state index in [0.717, 1.165) is 32.0 Å². The van der Waals surface area contributed by atoms with Crippen LogP contribution in [0.1, 0.15) is 26.7 Å². The largest absolute Gasteiger partial charge is 0.465 e. The molecule has 0 spiro atoms. The number of ether oxygens (including phenoxy) is 1. The Labute approximate surface area is 123 Å². The van der Waals surface area contributed by atoms with Gasteiger partial charge in [-0.15, -0.1) is 0 Å². The molecule has 0 bridgehead atoms. The minimum absolute atomic E-state index is 0.122. The van der Waals surface area contributed by atoms with E-state index in [1.807, 2.05) is 13.8 Å². The summed E-state index contributed by atoms with van der Waals surface area (Å²) in [6.07, 6.45) is 2.10. The normalized spacial score (nSPS) is 21.4. The molecule has 1 aliphatic rings. The molecule has 20 heavy (non-hydrogen) atoms. The summed E-state index contributed by atoms with van der Waals surface area (Å²) in [5, 5.41) is 3.21. The van der Waals surface area contributed by atoms with Crippen LogP contribution in [-0.4, -0.2) is 75.2 Å². The molecule has 0 radical (unpaired) electrons. The van der Waals surface area contributed by atoms with Gasteiger partial charge >= 0.3 is 5.97 Å². The molecule has 0 aromatic rings. The molecule has 2 atom stereocenters. The van der Waals surface area contributed by atoms with Crippen molar-refractivity contribution in [1.29, 1.82) is 0 Å². The quantitative estimate of drug-likeness (QED) is 0.635. The highest BCUT2D eigenvalue weighted by atomic mass is 16.5. The van der Waals surface area contributed by atoms with Crippen molar-refractivity contribution in [1.82, 2.24) is 15.1 Å². The molecule has 0 aromatic carbocycles. The minimum Gasteiger partial charge on any atom is -0.465 e. The lowest BCUT2D eigenvalue weighted by Gasteiger charge is -2.23. The van der Waals surface area contributed by atoms with Crippen molar-refractivity contribution in [2.45, 2.75) is 32.7 Å². The second kappa shape index (κ2) is 9.32. The predicted octanol–water partition coefficient (Wildman–Crippen LogP) is 0.801. The van der Waals surface area contributed by atoms with Gasteiger partial charge in [0.05, 0.1) is 6.61 Å². The first kappa shape index (κ1) is 17.4. The van der Waals surface area contributed by atoms with E-state index >= 15 is 0 Å². The van der Waals surface area contributed by atoms with E-state index in [4.69, 9.17) is 4.74 Å². The molecule has 1 fully saturated rings. The molecule has 1 rings (SSSR count). The monoisotopic (exact) mass is 285 g/mol. The van der Waals surface area contributed by atoms with Crippen molar-refractivity contribution in [3.63, 3.8) is 0 Å². The van der Waals surface area contributed by atoms with E-state index in [9.17, 15) is 4.79 Å². The van der Waals surface area contributed by atoms with Gasteiger partial charge in [0, 0.05) is 13.1 Å². The van der Waals surface area contributed by atoms with Gasteiger partial charge in [0.1, 0.15) is 6.04 Å². The van der Waals surface area contributed by atoms with E-state index in [2.05, 4.69) is 29.2 Å². The number of likely N-dealkylation sites (tertiary alicyclic amines) is 1. The fourth-order valence-corrected chi connectivity index (χ4v) is 2.85. The maximum Gasteiger partial charge on any atom is 0.323 e. The van der Waals surface area contributed by atoms with Crippen LogP contribution in [0.25, 0.3) is 0 Å². The molecule has 1 heterocycles. The lowest BCUT2D eigenvalue weighted by atomic mass is 10.1. The first-order valence-corrected chi connectivity index (χ1v) is 7.83. The Morgan fingerprint density at radius 3 is 2.80 bits per heavy atom. The number of nitrogens with one attached hydrogen (secondary N) is 1. The number of rotatable bonds is 9. The molecule has 5 heteroatoms. The maximum atomic E-state index is 11.8. The van der Waals surface area contributed by atoms with Crippen molar-refractivity contribution in [2.75, 3.05) is 53.4 Å². The Kier molecular flexibility index (Phi) is 8.11. The highest BCUT2D eigenvalue weighted by Gasteiger charge is 2.22. The molecule has 0 aliphatic carbocycles. The van der Waals surface area contributed by atoms with Crippen molar-refractivity contribution in [3.05, 3.63) is 0 Å². The smallest absolute Gasteiger partial charge is 0.323 e. The zero-order chi connectivity index (χ0) is 15.0. The fourth-order valence-electron chi connectivity index (χ4n) is 2.85. The third-order valence-electron chi connectivity index (χ3n) is 3.88. The highest BCUT2D eigenvalue weighted by Crippen LogP contribution is 2.15. The standard InChI is InChI=1S/C15H31N3O2/c1-5-16-14(15(19)20-6-2)8-10-18(4)12-13-7-9-17(3)11-13/h13-14,16H,5-12H2,1-4H3. The van der Waals surface area contributed by atoms with Gasteiger partial charge in [0.2, 0.25) is 0 Å². The molecule has 1 aliphatic heterocycles. The van der Waals surface area contributed by atoms with E-state index in [1.165, 1.54) is 19.5 Å². The zero-order valence-electron chi connectivity index (χ0n) is 13.5. The topological polar surface area (TPSA) is 44.8 Å². The predicted molar refractivity (Wildman–Crippen MR) is 81.8 cm³/mol. The molecule has 5 nitrogen and oxygen atoms in total. The van der Waals surface area contributed by atoms with E-state index in [1.54, 1.807) is 0 Å². The maximum absolute atomic E-state index is 11.8. The number of esters is 1. The van der Waals surface area contributed by atoms with Gasteiger partial charge in [-0.25, -0.2) is 0 Å². The van der Waals surface area contributed by atoms with Crippen LogP contribution in [0.3, 0.4) is 0 Å². The first-order chi connectivity index (χ1) is 9.56. The number of carbonyl (C=O) groups excluding carboxylic acids is 1. The Balaban J connectivity index is 2.28. The van der Waals surface area contributed by atoms with Crippen LogP contribution >= 0.6 is 0 Å². The Bertz CT molecular complexity index is 286. The molecule has 118 valence electrons. The molecular weight excluding hydrogens is 254 g/mol. The zero-order valence-corrected chi connectivity index (χ0v) is 13.5. The Morgan fingerprint density at radius 1 is 1.50 bits per heavy atom. The number of likely N-dealkylation sites (N-methyl/N-ethyl adjacent to an activating group) is 1. The summed E-state index contributed by atoms with van der Waals surface area (Å²) in [5.74, 6) is 0.647. The number of hydrogen-bond acceptors (Lipinski definition) is 5. The van der Waals surface area contributed by atoms with Crippen molar-refractivity contribution < 1.29 is 9.53 Å². The lowest BCUT2D eigenvalue weighted by molar-refractivity contribution is -0.145. The van der Waals surface area contributed by atoms with Crippen molar-refractivity contribution in [3.8, 4) is 0 Å². The Morgan fingerprint density at radius 2 is 2.25 bits per heavy atom. The van der Waals surface area contributed by atoms with Gasteiger partial charge in [0.15, 0.2) is 0 Å². The Hall–Kier alpha value is -0.650. The second-order valence-electron chi connectivity index (χ2n) is 5.83. The molecule has 2 unspecified atom stereocenters. The van der Waals surface area contributed by atoms with Crippen LogP contribution in [0, 0.1) is 5.92 Å². The molecule has 0 aromatic heterocycles. The summed E-state index contributed by atoms with van der Waals surface area (Å²) in [5.41, 5.74) is 0. The number of carbonyl (C=O) groups is 1. The van der Waals surface area contributed by atoms with Gasteiger partial charge in [-0.1, -0.05) is 6.92 Å². The third kappa shape index (κ3) is 6.20. The molecule has 0 saturated carbocycles. The van der Waals surface area contributed by atoms with Crippen LogP contribution in [0.5, 0.6) is 0 Å². The SMILES string of the molecule is CCNC(CCN(C)CC1CCN(C)C1)C(=O)OCC. The van der Waals surface area contributed by atoms with Gasteiger partial charge in [-0.2, -0.15) is 0 Å². The summed E-state index contributed by atoms with van der Waals surface area (Å²) in [7, 11) is 4.33. The number of nitrogens with zero attached hydrogens (tertiary/aromatic N) is 2. The summed E-state index contributed by atoms with van der Waals surface area (Å²) in [6, 6.07) is -0.173. The average molecular weight is 285 g/mol. The molecular formula is C15H31N3O2.